The lowest BCUT2D eigenvalue weighted by molar-refractivity contribution is -0.644. The van der Waals surface area contributed by atoms with Gasteiger partial charge in [0.05, 0.1) is 11.8 Å². The van der Waals surface area contributed by atoms with Crippen LogP contribution >= 0.6 is 0 Å². The lowest BCUT2D eigenvalue weighted by Gasteiger charge is -2.16. The quantitative estimate of drug-likeness (QED) is 0.623. The number of nitro groups is 2. The van der Waals surface area contributed by atoms with E-state index in [1.165, 1.54) is 0 Å². The zero-order valence-electron chi connectivity index (χ0n) is 12.9. The molecule has 0 heterocycles. The van der Waals surface area contributed by atoms with Crippen LogP contribution in [0.3, 0.4) is 0 Å². The molecule has 6 heteroatoms. The van der Waals surface area contributed by atoms with Crippen molar-refractivity contribution in [2.75, 3.05) is 0 Å². The highest BCUT2D eigenvalue weighted by Crippen LogP contribution is 2.73. The van der Waals surface area contributed by atoms with Crippen molar-refractivity contribution in [3.8, 4) is 0 Å². The van der Waals surface area contributed by atoms with Crippen molar-refractivity contribution in [1.82, 2.24) is 0 Å². The van der Waals surface area contributed by atoms with Crippen LogP contribution in [0.15, 0.2) is 60.7 Å². The molecule has 2 aliphatic rings. The molecule has 24 heavy (non-hydrogen) atoms. The Morgan fingerprint density at radius 1 is 0.708 bits per heavy atom. The van der Waals surface area contributed by atoms with Crippen LogP contribution in [0.5, 0.6) is 0 Å². The molecule has 122 valence electrons. The SMILES string of the molecule is O=[N+]([O-])[C@@]1([C@]2([N+](=O)[O-])C[C@@H]2c2ccccc2)C[C@@H]1c1ccccc1. The van der Waals surface area contributed by atoms with Crippen molar-refractivity contribution in [3.05, 3.63) is 92.0 Å². The Bertz CT molecular complexity index is 741. The van der Waals surface area contributed by atoms with E-state index in [1.54, 1.807) is 0 Å². The largest absolute Gasteiger partial charge is 0.298 e. The van der Waals surface area contributed by atoms with Crippen molar-refractivity contribution in [2.45, 2.75) is 35.8 Å². The standard InChI is InChI=1S/C18H16N2O4/c21-19(22)17(11-15(17)13-7-3-1-4-8-13)18(20(23)24)12-16(18)14-9-5-2-6-10-14/h1-10,15-16H,11-12H2/t15-,16-,17+,18+/m1/s1. The van der Waals surface area contributed by atoms with E-state index in [-0.39, 0.29) is 12.8 Å². The van der Waals surface area contributed by atoms with Gasteiger partial charge in [0, 0.05) is 22.7 Å². The van der Waals surface area contributed by atoms with Crippen LogP contribution in [0, 0.1) is 20.2 Å². The second-order valence-electron chi connectivity index (χ2n) is 6.70. The Morgan fingerprint density at radius 2 is 1.04 bits per heavy atom. The van der Waals surface area contributed by atoms with Crippen molar-refractivity contribution in [1.29, 1.82) is 0 Å². The number of hydrogen-bond acceptors (Lipinski definition) is 4. The van der Waals surface area contributed by atoms with Gasteiger partial charge >= 0.3 is 0 Å². The third-order valence-corrected chi connectivity index (χ3v) is 5.67. The summed E-state index contributed by atoms with van der Waals surface area (Å²) in [6.07, 6.45) is 0.461. The second-order valence-corrected chi connectivity index (χ2v) is 6.70. The van der Waals surface area contributed by atoms with Gasteiger partial charge in [0.15, 0.2) is 0 Å². The molecule has 0 radical (unpaired) electrons. The van der Waals surface area contributed by atoms with E-state index in [1.807, 2.05) is 60.7 Å². The monoisotopic (exact) mass is 324 g/mol. The molecule has 6 nitrogen and oxygen atoms in total. The third kappa shape index (κ3) is 1.76. The summed E-state index contributed by atoms with van der Waals surface area (Å²) in [4.78, 5) is 23.1. The summed E-state index contributed by atoms with van der Waals surface area (Å²) < 4.78 is 0. The summed E-state index contributed by atoms with van der Waals surface area (Å²) >= 11 is 0. The summed E-state index contributed by atoms with van der Waals surface area (Å²) in [6, 6.07) is 18.2. The van der Waals surface area contributed by atoms with Gasteiger partial charge in [0.1, 0.15) is 0 Å². The third-order valence-electron chi connectivity index (χ3n) is 5.67. The topological polar surface area (TPSA) is 86.3 Å². The average molecular weight is 324 g/mol. The fraction of sp³-hybridized carbons (Fsp3) is 0.333. The summed E-state index contributed by atoms with van der Waals surface area (Å²) in [7, 11) is 0. The van der Waals surface area contributed by atoms with Crippen molar-refractivity contribution >= 4 is 0 Å². The van der Waals surface area contributed by atoms with E-state index >= 15 is 0 Å². The van der Waals surface area contributed by atoms with Crippen LogP contribution in [0.4, 0.5) is 0 Å². The molecule has 2 aromatic rings. The van der Waals surface area contributed by atoms with Gasteiger partial charge in [-0.1, -0.05) is 60.7 Å². The molecule has 2 saturated carbocycles. The molecule has 0 spiro atoms. The molecule has 2 aromatic carbocycles. The molecule has 0 aromatic heterocycles. The molecule has 0 bridgehead atoms. The fourth-order valence-electron chi connectivity index (χ4n) is 4.34. The first-order valence-corrected chi connectivity index (χ1v) is 7.93. The summed E-state index contributed by atoms with van der Waals surface area (Å²) in [5, 5.41) is 23.9. The van der Waals surface area contributed by atoms with Crippen LogP contribution < -0.4 is 0 Å². The van der Waals surface area contributed by atoms with E-state index in [2.05, 4.69) is 0 Å². The molecular formula is C18H16N2O4. The first kappa shape index (κ1) is 14.8. The minimum Gasteiger partial charge on any atom is -0.264 e. The van der Waals surface area contributed by atoms with Gasteiger partial charge < -0.3 is 0 Å². The van der Waals surface area contributed by atoms with Gasteiger partial charge in [0.25, 0.3) is 11.1 Å². The molecule has 0 aliphatic heterocycles. The maximum absolute atomic E-state index is 11.9. The highest BCUT2D eigenvalue weighted by molar-refractivity contribution is 5.44. The second kappa shape index (κ2) is 4.87. The lowest BCUT2D eigenvalue weighted by Crippen LogP contribution is -2.46. The van der Waals surface area contributed by atoms with Gasteiger partial charge in [0.2, 0.25) is 0 Å². The zero-order chi connectivity index (χ0) is 16.9. The Hall–Kier alpha value is -2.76. The van der Waals surface area contributed by atoms with Crippen LogP contribution in [-0.2, 0) is 0 Å². The van der Waals surface area contributed by atoms with E-state index in [0.717, 1.165) is 11.1 Å². The molecule has 2 fully saturated rings. The van der Waals surface area contributed by atoms with Gasteiger partial charge in [-0.3, -0.25) is 20.2 Å². The molecule has 4 rings (SSSR count). The van der Waals surface area contributed by atoms with Crippen LogP contribution in [0.1, 0.15) is 35.8 Å². The molecular weight excluding hydrogens is 308 g/mol. The number of hydrogen-bond donors (Lipinski definition) is 0. The first-order chi connectivity index (χ1) is 11.5. The summed E-state index contributed by atoms with van der Waals surface area (Å²) in [5.41, 5.74) is -1.38. The normalized spacial score (nSPS) is 33.7. The molecule has 2 aliphatic carbocycles. The van der Waals surface area contributed by atoms with Crippen molar-refractivity contribution in [2.24, 2.45) is 0 Å². The van der Waals surface area contributed by atoms with E-state index in [4.69, 9.17) is 0 Å². The molecule has 4 atom stereocenters. The predicted octanol–water partition coefficient (Wildman–Crippen LogP) is 3.39. The van der Waals surface area contributed by atoms with Gasteiger partial charge in [-0.05, 0) is 11.1 Å². The minimum atomic E-state index is -1.50. The highest BCUT2D eigenvalue weighted by atomic mass is 16.7. The number of rotatable bonds is 5. The van der Waals surface area contributed by atoms with Gasteiger partial charge in [-0.25, -0.2) is 0 Å². The maximum atomic E-state index is 11.9. The average Bonchev–Trinajstić information content (AvgIpc) is 3.48. The predicted molar refractivity (Wildman–Crippen MR) is 87.1 cm³/mol. The summed E-state index contributed by atoms with van der Waals surface area (Å²) in [5.74, 6) is -0.791. The first-order valence-electron chi connectivity index (χ1n) is 7.93. The molecule has 0 saturated heterocycles. The molecule has 0 amide bonds. The maximum Gasteiger partial charge on any atom is 0.298 e. The minimum absolute atomic E-state index is 0.230. The zero-order valence-corrected chi connectivity index (χ0v) is 12.9. The van der Waals surface area contributed by atoms with Gasteiger partial charge in [-0.15, -0.1) is 0 Å². The van der Waals surface area contributed by atoms with Crippen molar-refractivity contribution < 1.29 is 9.85 Å². The Morgan fingerprint density at radius 3 is 1.33 bits per heavy atom. The van der Waals surface area contributed by atoms with Crippen LogP contribution in [-0.4, -0.2) is 20.9 Å². The van der Waals surface area contributed by atoms with Gasteiger partial charge in [-0.2, -0.15) is 0 Å². The molecule has 0 N–H and O–H groups in total. The molecule has 0 unspecified atom stereocenters. The van der Waals surface area contributed by atoms with Crippen LogP contribution in [0.25, 0.3) is 0 Å². The Kier molecular flexibility index (Phi) is 3.00. The summed E-state index contributed by atoms with van der Waals surface area (Å²) in [6.45, 7) is 0. The van der Waals surface area contributed by atoms with E-state index in [9.17, 15) is 20.2 Å². The van der Waals surface area contributed by atoms with Crippen molar-refractivity contribution in [3.63, 3.8) is 0 Å². The highest BCUT2D eigenvalue weighted by Gasteiger charge is 2.93. The fourth-order valence-corrected chi connectivity index (χ4v) is 4.34. The smallest absolute Gasteiger partial charge is 0.264 e. The van der Waals surface area contributed by atoms with Crippen LogP contribution in [0.2, 0.25) is 0 Å². The Balaban J connectivity index is 1.76. The Labute approximate surface area is 138 Å². The lowest BCUT2D eigenvalue weighted by atomic mass is 9.93. The number of benzene rings is 2. The number of nitrogens with zero attached hydrogens (tertiary/aromatic N) is 2. The van der Waals surface area contributed by atoms with E-state index in [0.29, 0.717) is 0 Å². The van der Waals surface area contributed by atoms with E-state index < -0.39 is 32.8 Å².